The van der Waals surface area contributed by atoms with Gasteiger partial charge in [0.2, 0.25) is 0 Å². The molecule has 0 bridgehead atoms. The average molecular weight is 332 g/mol. The summed E-state index contributed by atoms with van der Waals surface area (Å²) in [6.45, 7) is 0.421. The Morgan fingerprint density at radius 3 is 2.32 bits per heavy atom. The Labute approximate surface area is 144 Å². The van der Waals surface area contributed by atoms with Crippen molar-refractivity contribution in [1.82, 2.24) is 10.4 Å². The summed E-state index contributed by atoms with van der Waals surface area (Å²) >= 11 is 0. The SMILES string of the molecule is CNN1C(=O)c2cccc3c(OCc4ccccc4)ccc(c23)C1=O. The quantitative estimate of drug-likeness (QED) is 0.746. The number of amides is 2. The molecule has 0 unspecified atom stereocenters. The van der Waals surface area contributed by atoms with E-state index in [-0.39, 0.29) is 11.8 Å². The number of hydrogen-bond acceptors (Lipinski definition) is 4. The van der Waals surface area contributed by atoms with Crippen LogP contribution in [0.4, 0.5) is 0 Å². The Bertz CT molecular complexity index is 961. The van der Waals surface area contributed by atoms with Gasteiger partial charge >= 0.3 is 0 Å². The topological polar surface area (TPSA) is 58.6 Å². The largest absolute Gasteiger partial charge is 0.488 e. The molecule has 0 saturated carbocycles. The van der Waals surface area contributed by atoms with E-state index >= 15 is 0 Å². The molecule has 3 aromatic carbocycles. The number of ether oxygens (including phenoxy) is 1. The zero-order valence-corrected chi connectivity index (χ0v) is 13.7. The van der Waals surface area contributed by atoms with Crippen LogP contribution >= 0.6 is 0 Å². The van der Waals surface area contributed by atoms with Gasteiger partial charge in [-0.2, -0.15) is 0 Å². The summed E-state index contributed by atoms with van der Waals surface area (Å²) in [5.41, 5.74) is 4.69. The normalized spacial score (nSPS) is 13.4. The van der Waals surface area contributed by atoms with Crippen molar-refractivity contribution in [2.24, 2.45) is 0 Å². The standard InChI is InChI=1S/C20H16N2O3/c1-21-22-19(23)15-9-5-8-14-17(11-10-16(18(14)15)20(22)24)25-12-13-6-3-2-4-7-13/h2-11,21H,12H2,1H3. The van der Waals surface area contributed by atoms with E-state index < -0.39 is 0 Å². The highest BCUT2D eigenvalue weighted by Gasteiger charge is 2.32. The molecule has 25 heavy (non-hydrogen) atoms. The van der Waals surface area contributed by atoms with Crippen LogP contribution in [0, 0.1) is 0 Å². The first kappa shape index (κ1) is 15.4. The lowest BCUT2D eigenvalue weighted by molar-refractivity contribution is 0.0540. The van der Waals surface area contributed by atoms with Crippen LogP contribution in [0.2, 0.25) is 0 Å². The summed E-state index contributed by atoms with van der Waals surface area (Å²) in [7, 11) is 1.55. The third kappa shape index (κ3) is 2.45. The smallest absolute Gasteiger partial charge is 0.275 e. The highest BCUT2D eigenvalue weighted by atomic mass is 16.5. The molecule has 5 heteroatoms. The Morgan fingerprint density at radius 2 is 1.60 bits per heavy atom. The molecule has 1 N–H and O–H groups in total. The summed E-state index contributed by atoms with van der Waals surface area (Å²) in [4.78, 5) is 25.1. The molecule has 4 rings (SSSR count). The predicted octanol–water partition coefficient (Wildman–Crippen LogP) is 3.15. The second-order valence-corrected chi connectivity index (χ2v) is 5.78. The van der Waals surface area contributed by atoms with Crippen LogP contribution < -0.4 is 10.2 Å². The van der Waals surface area contributed by atoms with Crippen molar-refractivity contribution >= 4 is 22.6 Å². The van der Waals surface area contributed by atoms with Crippen molar-refractivity contribution in [3.05, 3.63) is 77.4 Å². The van der Waals surface area contributed by atoms with Crippen LogP contribution in [0.5, 0.6) is 5.75 Å². The number of benzene rings is 3. The minimum atomic E-state index is -0.356. The Morgan fingerprint density at radius 1 is 0.880 bits per heavy atom. The molecule has 0 fully saturated rings. The number of nitrogens with one attached hydrogen (secondary N) is 1. The molecule has 1 aliphatic rings. The molecule has 2 amide bonds. The minimum Gasteiger partial charge on any atom is -0.488 e. The van der Waals surface area contributed by atoms with E-state index in [0.717, 1.165) is 16.0 Å². The highest BCUT2D eigenvalue weighted by Crippen LogP contribution is 2.35. The van der Waals surface area contributed by atoms with Gasteiger partial charge in [0, 0.05) is 17.8 Å². The number of carbonyl (C=O) groups is 2. The van der Waals surface area contributed by atoms with E-state index in [4.69, 9.17) is 4.74 Å². The van der Waals surface area contributed by atoms with Crippen LogP contribution in [0.1, 0.15) is 26.3 Å². The molecule has 0 saturated heterocycles. The highest BCUT2D eigenvalue weighted by molar-refractivity contribution is 6.25. The van der Waals surface area contributed by atoms with Crippen molar-refractivity contribution in [2.45, 2.75) is 6.61 Å². The van der Waals surface area contributed by atoms with Gasteiger partial charge in [0.15, 0.2) is 0 Å². The third-order valence-electron chi connectivity index (χ3n) is 4.33. The second kappa shape index (κ2) is 6.03. The fourth-order valence-electron chi connectivity index (χ4n) is 3.13. The fourth-order valence-corrected chi connectivity index (χ4v) is 3.13. The zero-order valence-electron chi connectivity index (χ0n) is 13.7. The van der Waals surface area contributed by atoms with E-state index in [1.165, 1.54) is 0 Å². The maximum absolute atomic E-state index is 12.5. The number of nitrogens with zero attached hydrogens (tertiary/aromatic N) is 1. The van der Waals surface area contributed by atoms with Crippen molar-refractivity contribution in [1.29, 1.82) is 0 Å². The molecule has 1 aliphatic heterocycles. The monoisotopic (exact) mass is 332 g/mol. The molecular weight excluding hydrogens is 316 g/mol. The average Bonchev–Trinajstić information content (AvgIpc) is 2.66. The third-order valence-corrected chi connectivity index (χ3v) is 4.33. The van der Waals surface area contributed by atoms with Crippen molar-refractivity contribution in [2.75, 3.05) is 7.05 Å². The molecule has 0 radical (unpaired) electrons. The van der Waals surface area contributed by atoms with Gasteiger partial charge in [0.05, 0.1) is 11.1 Å². The first-order chi connectivity index (χ1) is 12.2. The number of carbonyl (C=O) groups excluding carboxylic acids is 2. The molecule has 5 nitrogen and oxygen atoms in total. The molecule has 0 aliphatic carbocycles. The second-order valence-electron chi connectivity index (χ2n) is 5.78. The van der Waals surface area contributed by atoms with Gasteiger partial charge in [-0.3, -0.25) is 9.59 Å². The molecular formula is C20H16N2O3. The summed E-state index contributed by atoms with van der Waals surface area (Å²) < 4.78 is 5.96. The van der Waals surface area contributed by atoms with E-state index in [1.54, 1.807) is 31.3 Å². The van der Waals surface area contributed by atoms with Gasteiger partial charge in [-0.1, -0.05) is 42.5 Å². The summed E-state index contributed by atoms with van der Waals surface area (Å²) in [5, 5.41) is 2.44. The van der Waals surface area contributed by atoms with Crippen molar-refractivity contribution < 1.29 is 14.3 Å². The zero-order chi connectivity index (χ0) is 17.4. The van der Waals surface area contributed by atoms with Gasteiger partial charge in [0.1, 0.15) is 12.4 Å². The molecule has 0 atom stereocenters. The Hall–Kier alpha value is -3.18. The van der Waals surface area contributed by atoms with Crippen LogP contribution in [-0.2, 0) is 6.61 Å². The number of imide groups is 1. The van der Waals surface area contributed by atoms with E-state index in [9.17, 15) is 9.59 Å². The van der Waals surface area contributed by atoms with Gasteiger partial charge < -0.3 is 4.74 Å². The number of rotatable bonds is 4. The molecule has 0 aromatic heterocycles. The van der Waals surface area contributed by atoms with E-state index in [2.05, 4.69) is 5.43 Å². The van der Waals surface area contributed by atoms with Gasteiger partial charge in [-0.25, -0.2) is 10.4 Å². The lowest BCUT2D eigenvalue weighted by Crippen LogP contribution is -2.47. The van der Waals surface area contributed by atoms with E-state index in [0.29, 0.717) is 28.9 Å². The van der Waals surface area contributed by atoms with Crippen molar-refractivity contribution in [3.8, 4) is 5.75 Å². The first-order valence-corrected chi connectivity index (χ1v) is 7.99. The lowest BCUT2D eigenvalue weighted by atomic mass is 9.94. The summed E-state index contributed by atoms with van der Waals surface area (Å²) in [5.74, 6) is -0.0559. The minimum absolute atomic E-state index is 0.356. The maximum Gasteiger partial charge on any atom is 0.275 e. The van der Waals surface area contributed by atoms with E-state index in [1.807, 2.05) is 36.4 Å². The maximum atomic E-state index is 12.5. The molecule has 1 heterocycles. The van der Waals surface area contributed by atoms with Crippen LogP contribution in [0.3, 0.4) is 0 Å². The first-order valence-electron chi connectivity index (χ1n) is 7.99. The van der Waals surface area contributed by atoms with Crippen molar-refractivity contribution in [3.63, 3.8) is 0 Å². The predicted molar refractivity (Wildman–Crippen MR) is 94.3 cm³/mol. The summed E-state index contributed by atoms with van der Waals surface area (Å²) in [6, 6.07) is 18.8. The van der Waals surface area contributed by atoms with Gasteiger partial charge in [-0.15, -0.1) is 0 Å². The Kier molecular flexibility index (Phi) is 3.71. The molecule has 124 valence electrons. The van der Waals surface area contributed by atoms with Crippen LogP contribution in [0.25, 0.3) is 10.8 Å². The van der Waals surface area contributed by atoms with Gasteiger partial charge in [0.25, 0.3) is 11.8 Å². The number of hydrazine groups is 1. The van der Waals surface area contributed by atoms with Crippen LogP contribution in [0.15, 0.2) is 60.7 Å². The fraction of sp³-hybridized carbons (Fsp3) is 0.100. The number of hydrogen-bond donors (Lipinski definition) is 1. The Balaban J connectivity index is 1.79. The molecule has 0 spiro atoms. The lowest BCUT2D eigenvalue weighted by Gasteiger charge is -2.26. The van der Waals surface area contributed by atoms with Gasteiger partial charge in [-0.05, 0) is 23.8 Å². The van der Waals surface area contributed by atoms with Crippen LogP contribution in [-0.4, -0.2) is 23.9 Å². The molecule has 3 aromatic rings. The summed E-state index contributed by atoms with van der Waals surface area (Å²) in [6.07, 6.45) is 0.